The molecule has 8 nitrogen and oxygen atoms in total. The number of hydrogen-bond donors (Lipinski definition) is 2. The molecule has 0 bridgehead atoms. The molecule has 3 N–H and O–H groups in total. The highest BCUT2D eigenvalue weighted by Gasteiger charge is 2.21. The van der Waals surface area contributed by atoms with Gasteiger partial charge < -0.3 is 10.5 Å². The number of nitrogens with two attached hydrogens (primary N) is 1. The Balaban J connectivity index is 3.05. The Morgan fingerprint density at radius 1 is 1.29 bits per heavy atom. The van der Waals surface area contributed by atoms with Gasteiger partial charge in [-0.15, -0.1) is 0 Å². The van der Waals surface area contributed by atoms with Gasteiger partial charge >= 0.3 is 10.4 Å². The second-order valence-corrected chi connectivity index (χ2v) is 7.40. The number of sulfone groups is 1. The molecule has 0 saturated carbocycles. The van der Waals surface area contributed by atoms with Gasteiger partial charge in [-0.25, -0.2) is 12.6 Å². The highest BCUT2D eigenvalue weighted by molar-refractivity contribution is 7.91. The van der Waals surface area contributed by atoms with E-state index >= 15 is 0 Å². The highest BCUT2D eigenvalue weighted by atomic mass is 35.5. The summed E-state index contributed by atoms with van der Waals surface area (Å²) in [6, 6.07) is 2.38. The van der Waals surface area contributed by atoms with Crippen molar-refractivity contribution in [2.45, 2.75) is 11.8 Å². The average molecular weight is 360 g/mol. The third-order valence-corrected chi connectivity index (χ3v) is 4.88. The van der Waals surface area contributed by atoms with E-state index in [1.807, 2.05) is 0 Å². The molecule has 0 heterocycles. The van der Waals surface area contributed by atoms with Crippen LogP contribution in [0.25, 0.3) is 0 Å². The zero-order chi connectivity index (χ0) is 16.3. The van der Waals surface area contributed by atoms with E-state index in [-0.39, 0.29) is 28.0 Å². The van der Waals surface area contributed by atoms with Crippen LogP contribution in [-0.4, -0.2) is 40.4 Å². The average Bonchev–Trinajstić information content (AvgIpc) is 2.30. The fourth-order valence-corrected chi connectivity index (χ4v) is 3.52. The normalized spacial score (nSPS) is 12.3. The van der Waals surface area contributed by atoms with Crippen LogP contribution in [0.4, 0.5) is 5.69 Å². The number of halogens is 1. The first-order chi connectivity index (χ1) is 9.57. The van der Waals surface area contributed by atoms with Crippen LogP contribution in [0.5, 0.6) is 5.75 Å². The maximum Gasteiger partial charge on any atom is 0.397 e. The minimum Gasteiger partial charge on any atom is -0.492 e. The van der Waals surface area contributed by atoms with Gasteiger partial charge in [0.25, 0.3) is 0 Å². The van der Waals surface area contributed by atoms with Gasteiger partial charge in [0.1, 0.15) is 5.75 Å². The second kappa shape index (κ2) is 6.79. The molecule has 0 atom stereocenters. The molecule has 21 heavy (non-hydrogen) atoms. The number of ether oxygens (including phenoxy) is 1. The lowest BCUT2D eigenvalue weighted by molar-refractivity contribution is 0.284. The summed E-state index contributed by atoms with van der Waals surface area (Å²) in [6.07, 6.45) is 0. The minimum absolute atomic E-state index is 0.122. The predicted octanol–water partition coefficient (Wildman–Crippen LogP) is 0.914. The fraction of sp³-hybridized carbons (Fsp3) is 0.400. The summed E-state index contributed by atoms with van der Waals surface area (Å²) < 4.78 is 62.4. The van der Waals surface area contributed by atoms with Crippen molar-refractivity contribution in [3.8, 4) is 5.75 Å². The quantitative estimate of drug-likeness (QED) is 0.542. The van der Waals surface area contributed by atoms with Crippen molar-refractivity contribution >= 4 is 37.5 Å². The first-order valence-electron chi connectivity index (χ1n) is 5.63. The van der Waals surface area contributed by atoms with Crippen molar-refractivity contribution < 1.29 is 30.3 Å². The summed E-state index contributed by atoms with van der Waals surface area (Å²) in [5.74, 6) is -0.543. The molecular weight excluding hydrogens is 346 g/mol. The Morgan fingerprint density at radius 2 is 1.90 bits per heavy atom. The number of anilines is 1. The maximum absolute atomic E-state index is 12.1. The van der Waals surface area contributed by atoms with E-state index in [4.69, 9.17) is 26.6 Å². The van der Waals surface area contributed by atoms with Gasteiger partial charge in [0.15, 0.2) is 9.84 Å². The molecule has 0 aliphatic heterocycles. The van der Waals surface area contributed by atoms with E-state index in [9.17, 15) is 16.8 Å². The van der Waals surface area contributed by atoms with E-state index in [0.29, 0.717) is 0 Å². The van der Waals surface area contributed by atoms with Gasteiger partial charge in [0.2, 0.25) is 0 Å². The smallest absolute Gasteiger partial charge is 0.397 e. The molecule has 0 fully saturated rings. The third-order valence-electron chi connectivity index (χ3n) is 2.28. The zero-order valence-corrected chi connectivity index (χ0v) is 13.3. The third kappa shape index (κ3) is 5.32. The number of benzene rings is 1. The van der Waals surface area contributed by atoms with Crippen LogP contribution in [0.3, 0.4) is 0 Å². The van der Waals surface area contributed by atoms with E-state index in [1.54, 1.807) is 6.92 Å². The molecule has 0 aromatic heterocycles. The summed E-state index contributed by atoms with van der Waals surface area (Å²) in [4.78, 5) is -0.263. The second-order valence-electron chi connectivity index (χ2n) is 3.82. The Labute approximate surface area is 127 Å². The molecule has 0 unspecified atom stereocenters. The molecule has 0 amide bonds. The Morgan fingerprint density at radius 3 is 2.43 bits per heavy atom. The standard InChI is InChI=1S/C10H14ClNO7S2/c1-2-18-9-6-10(7(11)5-8(9)12)20(13,14)4-3-19-21(15,16)17/h5-6H,2-4,12H2,1H3,(H,15,16,17). The van der Waals surface area contributed by atoms with E-state index in [1.165, 1.54) is 6.07 Å². The van der Waals surface area contributed by atoms with Crippen molar-refractivity contribution in [1.82, 2.24) is 0 Å². The van der Waals surface area contributed by atoms with Crippen LogP contribution in [0, 0.1) is 0 Å². The first-order valence-corrected chi connectivity index (χ1v) is 9.03. The van der Waals surface area contributed by atoms with Gasteiger partial charge in [0, 0.05) is 6.07 Å². The van der Waals surface area contributed by atoms with Gasteiger partial charge in [-0.05, 0) is 13.0 Å². The molecule has 0 spiro atoms. The van der Waals surface area contributed by atoms with Gasteiger partial charge in [-0.1, -0.05) is 11.6 Å². The first kappa shape index (κ1) is 18.0. The SMILES string of the molecule is CCOc1cc(S(=O)(=O)CCOS(=O)(=O)O)c(Cl)cc1N. The molecule has 1 aromatic rings. The fourth-order valence-electron chi connectivity index (χ4n) is 1.43. The molecule has 0 aliphatic carbocycles. The molecule has 0 saturated heterocycles. The maximum atomic E-state index is 12.1. The van der Waals surface area contributed by atoms with Crippen molar-refractivity contribution in [3.63, 3.8) is 0 Å². The highest BCUT2D eigenvalue weighted by Crippen LogP contribution is 2.32. The summed E-state index contributed by atoms with van der Waals surface area (Å²) in [7, 11) is -8.64. The van der Waals surface area contributed by atoms with Crippen molar-refractivity contribution in [3.05, 3.63) is 17.2 Å². The molecule has 0 aliphatic rings. The molecule has 1 aromatic carbocycles. The predicted molar refractivity (Wildman–Crippen MR) is 76.6 cm³/mol. The summed E-state index contributed by atoms with van der Waals surface area (Å²) >= 11 is 5.83. The van der Waals surface area contributed by atoms with Crippen LogP contribution >= 0.6 is 11.6 Å². The van der Waals surface area contributed by atoms with Gasteiger partial charge in [-0.2, -0.15) is 8.42 Å². The topological polar surface area (TPSA) is 133 Å². The molecule has 11 heteroatoms. The van der Waals surface area contributed by atoms with Crippen LogP contribution in [0.15, 0.2) is 17.0 Å². The lowest BCUT2D eigenvalue weighted by Gasteiger charge is -2.11. The molecular formula is C10H14ClNO7S2. The van der Waals surface area contributed by atoms with Crippen LogP contribution < -0.4 is 10.5 Å². The van der Waals surface area contributed by atoms with Crippen molar-refractivity contribution in [2.24, 2.45) is 0 Å². The summed E-state index contributed by atoms with van der Waals surface area (Å²) in [6.45, 7) is 1.23. The van der Waals surface area contributed by atoms with Crippen LogP contribution in [0.2, 0.25) is 5.02 Å². The summed E-state index contributed by atoms with van der Waals surface area (Å²) in [5.41, 5.74) is 5.81. The lowest BCUT2D eigenvalue weighted by Crippen LogP contribution is -2.16. The molecule has 0 radical (unpaired) electrons. The van der Waals surface area contributed by atoms with Gasteiger partial charge in [0.05, 0.1) is 34.6 Å². The Kier molecular flexibility index (Phi) is 5.82. The monoisotopic (exact) mass is 359 g/mol. The number of hydrogen-bond acceptors (Lipinski definition) is 7. The lowest BCUT2D eigenvalue weighted by atomic mass is 10.3. The van der Waals surface area contributed by atoms with Crippen molar-refractivity contribution in [2.75, 3.05) is 24.7 Å². The van der Waals surface area contributed by atoms with Crippen LogP contribution in [-0.2, 0) is 24.4 Å². The number of rotatable bonds is 7. The minimum atomic E-state index is -4.70. The van der Waals surface area contributed by atoms with E-state index in [2.05, 4.69) is 4.18 Å². The van der Waals surface area contributed by atoms with Gasteiger partial charge in [-0.3, -0.25) is 4.55 Å². The summed E-state index contributed by atoms with van der Waals surface area (Å²) in [5, 5.41) is -0.122. The zero-order valence-electron chi connectivity index (χ0n) is 10.9. The molecule has 120 valence electrons. The van der Waals surface area contributed by atoms with Crippen molar-refractivity contribution in [1.29, 1.82) is 0 Å². The number of nitrogen functional groups attached to an aromatic ring is 1. The van der Waals surface area contributed by atoms with E-state index < -0.39 is 32.6 Å². The molecule has 1 rings (SSSR count). The Bertz CT molecular complexity index is 715. The van der Waals surface area contributed by atoms with Crippen LogP contribution in [0.1, 0.15) is 6.92 Å². The van der Waals surface area contributed by atoms with E-state index in [0.717, 1.165) is 6.07 Å². The Hall–Kier alpha value is -1.07. The largest absolute Gasteiger partial charge is 0.492 e.